The summed E-state index contributed by atoms with van der Waals surface area (Å²) in [5.41, 5.74) is 2.01. The number of amides is 3. The summed E-state index contributed by atoms with van der Waals surface area (Å²) in [7, 11) is 0. The minimum atomic E-state index is -0.347. The van der Waals surface area contributed by atoms with Gasteiger partial charge in [0.05, 0.1) is 6.54 Å². The fraction of sp³-hybridized carbons (Fsp3) is 0.263. The molecule has 1 aliphatic rings. The van der Waals surface area contributed by atoms with E-state index in [2.05, 4.69) is 10.6 Å². The number of cyclic esters (lactones) is 1. The molecule has 0 saturated carbocycles. The Morgan fingerprint density at radius 2 is 1.72 bits per heavy atom. The van der Waals surface area contributed by atoms with Crippen LogP contribution in [0.5, 0.6) is 0 Å². The van der Waals surface area contributed by atoms with Crippen LogP contribution in [0.15, 0.2) is 60.7 Å². The first-order chi connectivity index (χ1) is 12.2. The predicted octanol–water partition coefficient (Wildman–Crippen LogP) is 2.68. The molecule has 2 aromatic carbocycles. The summed E-state index contributed by atoms with van der Waals surface area (Å²) in [6.45, 7) is 1.75. The molecule has 0 radical (unpaired) electrons. The van der Waals surface area contributed by atoms with Gasteiger partial charge < -0.3 is 20.3 Å². The van der Waals surface area contributed by atoms with Gasteiger partial charge in [0.25, 0.3) is 0 Å². The topological polar surface area (TPSA) is 70.7 Å². The first-order valence-electron chi connectivity index (χ1n) is 8.28. The molecule has 25 heavy (non-hydrogen) atoms. The van der Waals surface area contributed by atoms with Crippen molar-refractivity contribution in [3.05, 3.63) is 71.8 Å². The van der Waals surface area contributed by atoms with Crippen LogP contribution in [0.3, 0.4) is 0 Å². The minimum Gasteiger partial charge on any atom is -0.439 e. The number of carbonyl (C=O) groups excluding carboxylic acids is 2. The fourth-order valence-electron chi connectivity index (χ4n) is 2.68. The van der Waals surface area contributed by atoms with E-state index in [1.165, 1.54) is 0 Å². The van der Waals surface area contributed by atoms with E-state index in [9.17, 15) is 9.59 Å². The molecule has 1 aliphatic heterocycles. The summed E-state index contributed by atoms with van der Waals surface area (Å²) in [5, 5.41) is 5.54. The van der Waals surface area contributed by atoms with Crippen LogP contribution in [0.4, 0.5) is 9.59 Å². The van der Waals surface area contributed by atoms with Gasteiger partial charge in [0.2, 0.25) is 0 Å². The van der Waals surface area contributed by atoms with Crippen molar-refractivity contribution >= 4 is 12.1 Å². The van der Waals surface area contributed by atoms with Crippen molar-refractivity contribution in [2.45, 2.75) is 12.6 Å². The average molecular weight is 339 g/mol. The zero-order valence-corrected chi connectivity index (χ0v) is 13.9. The predicted molar refractivity (Wildman–Crippen MR) is 93.9 cm³/mol. The number of rotatable bonds is 6. The van der Waals surface area contributed by atoms with Gasteiger partial charge in [0, 0.05) is 19.6 Å². The largest absolute Gasteiger partial charge is 0.439 e. The highest BCUT2D eigenvalue weighted by Gasteiger charge is 2.31. The molecule has 0 aromatic heterocycles. The second-order valence-corrected chi connectivity index (χ2v) is 5.82. The third-order valence-electron chi connectivity index (χ3n) is 4.02. The first kappa shape index (κ1) is 16.8. The van der Waals surface area contributed by atoms with Crippen LogP contribution >= 0.6 is 0 Å². The lowest BCUT2D eigenvalue weighted by molar-refractivity contribution is 0.133. The molecule has 6 heteroatoms. The van der Waals surface area contributed by atoms with Crippen LogP contribution in [0.2, 0.25) is 0 Å². The van der Waals surface area contributed by atoms with Gasteiger partial charge in [0.15, 0.2) is 0 Å². The molecule has 1 fully saturated rings. The number of urea groups is 1. The van der Waals surface area contributed by atoms with Gasteiger partial charge in [-0.3, -0.25) is 0 Å². The summed E-state index contributed by atoms with van der Waals surface area (Å²) >= 11 is 0. The summed E-state index contributed by atoms with van der Waals surface area (Å²) < 4.78 is 5.38. The Kier molecular flexibility index (Phi) is 5.51. The molecular weight excluding hydrogens is 318 g/mol. The second-order valence-electron chi connectivity index (χ2n) is 5.82. The lowest BCUT2D eigenvalue weighted by Gasteiger charge is -2.14. The Balaban J connectivity index is 1.38. The third kappa shape index (κ3) is 4.73. The number of hydrogen-bond acceptors (Lipinski definition) is 3. The molecule has 0 bridgehead atoms. The van der Waals surface area contributed by atoms with Crippen molar-refractivity contribution in [3.63, 3.8) is 0 Å². The molecule has 2 aromatic rings. The third-order valence-corrected chi connectivity index (χ3v) is 4.02. The Bertz CT molecular complexity index is 706. The van der Waals surface area contributed by atoms with Crippen LogP contribution in [0.1, 0.15) is 17.2 Å². The van der Waals surface area contributed by atoms with E-state index in [-0.39, 0.29) is 18.2 Å². The number of nitrogens with one attached hydrogen (secondary N) is 2. The van der Waals surface area contributed by atoms with Crippen molar-refractivity contribution < 1.29 is 14.3 Å². The van der Waals surface area contributed by atoms with Crippen LogP contribution in [0.25, 0.3) is 0 Å². The zero-order valence-electron chi connectivity index (χ0n) is 13.9. The van der Waals surface area contributed by atoms with Crippen molar-refractivity contribution in [2.24, 2.45) is 0 Å². The summed E-state index contributed by atoms with van der Waals surface area (Å²) in [4.78, 5) is 25.3. The molecule has 130 valence electrons. The van der Waals surface area contributed by atoms with E-state index in [0.29, 0.717) is 26.2 Å². The van der Waals surface area contributed by atoms with Crippen molar-refractivity contribution in [3.8, 4) is 0 Å². The number of hydrogen-bond donors (Lipinski definition) is 2. The highest BCUT2D eigenvalue weighted by Crippen LogP contribution is 2.25. The maximum Gasteiger partial charge on any atom is 0.410 e. The molecule has 1 heterocycles. The molecule has 1 unspecified atom stereocenters. The smallest absolute Gasteiger partial charge is 0.410 e. The number of ether oxygens (including phenoxy) is 1. The van der Waals surface area contributed by atoms with Crippen LogP contribution in [-0.2, 0) is 11.3 Å². The molecule has 1 saturated heterocycles. The molecule has 0 aliphatic carbocycles. The Morgan fingerprint density at radius 3 is 2.44 bits per heavy atom. The number of nitrogens with zero attached hydrogens (tertiary/aromatic N) is 1. The van der Waals surface area contributed by atoms with Gasteiger partial charge in [-0.2, -0.15) is 0 Å². The van der Waals surface area contributed by atoms with E-state index in [0.717, 1.165) is 11.1 Å². The summed E-state index contributed by atoms with van der Waals surface area (Å²) in [6.07, 6.45) is -0.596. The standard InChI is InChI=1S/C19H21N3O3/c23-18(21-13-15-7-3-1-4-8-15)20-11-12-22-14-17(25-19(22)24)16-9-5-2-6-10-16/h1-10,17H,11-14H2,(H2,20,21,23). The van der Waals surface area contributed by atoms with E-state index in [1.54, 1.807) is 4.90 Å². The molecule has 6 nitrogen and oxygen atoms in total. The van der Waals surface area contributed by atoms with E-state index >= 15 is 0 Å². The van der Waals surface area contributed by atoms with Gasteiger partial charge in [-0.1, -0.05) is 60.7 Å². The molecule has 1 atom stereocenters. The van der Waals surface area contributed by atoms with Gasteiger partial charge in [0.1, 0.15) is 6.10 Å². The maximum atomic E-state index is 11.9. The van der Waals surface area contributed by atoms with Crippen molar-refractivity contribution in [2.75, 3.05) is 19.6 Å². The SMILES string of the molecule is O=C(NCCN1CC(c2ccccc2)OC1=O)NCc1ccccc1. The number of benzene rings is 2. The summed E-state index contributed by atoms with van der Waals surface area (Å²) in [5.74, 6) is 0. The van der Waals surface area contributed by atoms with Crippen LogP contribution in [0, 0.1) is 0 Å². The highest BCUT2D eigenvalue weighted by atomic mass is 16.6. The lowest BCUT2D eigenvalue weighted by Crippen LogP contribution is -2.40. The Hall–Kier alpha value is -3.02. The Morgan fingerprint density at radius 1 is 1.04 bits per heavy atom. The van der Waals surface area contributed by atoms with Gasteiger partial charge >= 0.3 is 12.1 Å². The molecular formula is C19H21N3O3. The fourth-order valence-corrected chi connectivity index (χ4v) is 2.68. The zero-order chi connectivity index (χ0) is 17.5. The average Bonchev–Trinajstić information content (AvgIpc) is 3.02. The summed E-state index contributed by atoms with van der Waals surface area (Å²) in [6, 6.07) is 19.1. The van der Waals surface area contributed by atoms with Crippen LogP contribution < -0.4 is 10.6 Å². The van der Waals surface area contributed by atoms with Gasteiger partial charge in [-0.05, 0) is 11.1 Å². The second kappa shape index (κ2) is 8.19. The van der Waals surface area contributed by atoms with Gasteiger partial charge in [-0.25, -0.2) is 9.59 Å². The van der Waals surface area contributed by atoms with E-state index in [1.807, 2.05) is 60.7 Å². The van der Waals surface area contributed by atoms with Crippen LogP contribution in [-0.4, -0.2) is 36.7 Å². The quantitative estimate of drug-likeness (QED) is 0.850. The molecule has 3 rings (SSSR count). The van der Waals surface area contributed by atoms with Crippen molar-refractivity contribution in [1.82, 2.24) is 15.5 Å². The molecule has 3 amide bonds. The highest BCUT2D eigenvalue weighted by molar-refractivity contribution is 5.74. The minimum absolute atomic E-state index is 0.249. The Labute approximate surface area is 146 Å². The maximum absolute atomic E-state index is 11.9. The number of carbonyl (C=O) groups is 2. The normalized spacial score (nSPS) is 16.4. The monoisotopic (exact) mass is 339 g/mol. The van der Waals surface area contributed by atoms with Crippen molar-refractivity contribution in [1.29, 1.82) is 0 Å². The lowest BCUT2D eigenvalue weighted by atomic mass is 10.1. The van der Waals surface area contributed by atoms with Gasteiger partial charge in [-0.15, -0.1) is 0 Å². The molecule has 2 N–H and O–H groups in total. The first-order valence-corrected chi connectivity index (χ1v) is 8.28. The van der Waals surface area contributed by atoms with E-state index in [4.69, 9.17) is 4.74 Å². The van der Waals surface area contributed by atoms with E-state index < -0.39 is 0 Å². The molecule has 0 spiro atoms.